The molecule has 0 atom stereocenters. The van der Waals surface area contributed by atoms with Crippen LogP contribution in [0.2, 0.25) is 10.0 Å². The highest BCUT2D eigenvalue weighted by atomic mass is 35.5. The molecule has 0 spiro atoms. The maximum atomic E-state index is 13.5. The number of esters is 1. The molecule has 2 aromatic heterocycles. The van der Waals surface area contributed by atoms with Crippen LogP contribution < -0.4 is 20.3 Å². The minimum Gasteiger partial charge on any atom is -0.494 e. The number of halogens is 2. The van der Waals surface area contributed by atoms with Crippen molar-refractivity contribution in [3.05, 3.63) is 73.9 Å². The molecule has 9 nitrogen and oxygen atoms in total. The highest BCUT2D eigenvalue weighted by Crippen LogP contribution is 2.31. The summed E-state index contributed by atoms with van der Waals surface area (Å²) in [4.78, 5) is 38.9. The standard InChI is InChI=1S/C25H21Cl2N3O6S/c1-3-34-16-8-6-15(7-9-16)30-24(32)21-17(22(29-30)25(33)35-4-2)13-37-23(21)28-20(31)12-36-19-10-5-14(26)11-18(19)27/h5-11,13H,3-4,12H2,1-2H3,(H,28,31). The molecule has 0 saturated heterocycles. The lowest BCUT2D eigenvalue weighted by Crippen LogP contribution is -2.26. The van der Waals surface area contributed by atoms with Crippen LogP contribution in [0.1, 0.15) is 24.3 Å². The van der Waals surface area contributed by atoms with Gasteiger partial charge < -0.3 is 19.5 Å². The summed E-state index contributed by atoms with van der Waals surface area (Å²) < 4.78 is 17.2. The second-order valence-electron chi connectivity index (χ2n) is 7.48. The van der Waals surface area contributed by atoms with Crippen molar-refractivity contribution in [2.24, 2.45) is 0 Å². The summed E-state index contributed by atoms with van der Waals surface area (Å²) in [6, 6.07) is 11.3. The Bertz CT molecular complexity index is 1520. The van der Waals surface area contributed by atoms with Crippen molar-refractivity contribution in [2.45, 2.75) is 13.8 Å². The van der Waals surface area contributed by atoms with Gasteiger partial charge in [0.15, 0.2) is 12.3 Å². The largest absolute Gasteiger partial charge is 0.494 e. The van der Waals surface area contributed by atoms with Gasteiger partial charge in [0.2, 0.25) is 0 Å². The van der Waals surface area contributed by atoms with Gasteiger partial charge in [0.05, 0.1) is 29.3 Å². The smallest absolute Gasteiger partial charge is 0.359 e. The molecule has 1 N–H and O–H groups in total. The highest BCUT2D eigenvalue weighted by molar-refractivity contribution is 7.16. The summed E-state index contributed by atoms with van der Waals surface area (Å²) >= 11 is 13.1. The van der Waals surface area contributed by atoms with E-state index in [0.29, 0.717) is 23.1 Å². The van der Waals surface area contributed by atoms with E-state index in [1.807, 2.05) is 6.92 Å². The average Bonchev–Trinajstić information content (AvgIpc) is 3.28. The number of carbonyl (C=O) groups is 2. The maximum Gasteiger partial charge on any atom is 0.359 e. The van der Waals surface area contributed by atoms with E-state index in [4.69, 9.17) is 37.4 Å². The Morgan fingerprint density at radius 1 is 1.05 bits per heavy atom. The van der Waals surface area contributed by atoms with Crippen LogP contribution >= 0.6 is 34.5 Å². The second-order valence-corrected chi connectivity index (χ2v) is 9.20. The number of amides is 1. The molecule has 0 saturated carbocycles. The molecule has 0 aliphatic heterocycles. The van der Waals surface area contributed by atoms with E-state index in [9.17, 15) is 14.4 Å². The molecule has 4 aromatic rings. The van der Waals surface area contributed by atoms with Crippen molar-refractivity contribution < 1.29 is 23.8 Å². The number of benzene rings is 2. The monoisotopic (exact) mass is 561 g/mol. The number of hydrogen-bond acceptors (Lipinski definition) is 8. The Morgan fingerprint density at radius 3 is 2.49 bits per heavy atom. The topological polar surface area (TPSA) is 109 Å². The molecule has 192 valence electrons. The quantitative estimate of drug-likeness (QED) is 0.274. The zero-order chi connectivity index (χ0) is 26.5. The predicted molar refractivity (Wildman–Crippen MR) is 143 cm³/mol. The third-order valence-corrected chi connectivity index (χ3v) is 6.45. The van der Waals surface area contributed by atoms with Gasteiger partial charge in [-0.1, -0.05) is 23.2 Å². The number of hydrogen-bond donors (Lipinski definition) is 1. The van der Waals surface area contributed by atoms with Gasteiger partial charge in [-0.3, -0.25) is 9.59 Å². The predicted octanol–water partition coefficient (Wildman–Crippen LogP) is 5.35. The van der Waals surface area contributed by atoms with Crippen LogP contribution in [0.3, 0.4) is 0 Å². The SMILES string of the molecule is CCOC(=O)c1nn(-c2ccc(OCC)cc2)c(=O)c2c(NC(=O)COc3ccc(Cl)cc3Cl)scc12. The van der Waals surface area contributed by atoms with Crippen molar-refractivity contribution in [3.8, 4) is 17.2 Å². The van der Waals surface area contributed by atoms with E-state index in [1.54, 1.807) is 48.7 Å². The lowest BCUT2D eigenvalue weighted by atomic mass is 10.2. The van der Waals surface area contributed by atoms with E-state index < -0.39 is 17.4 Å². The fourth-order valence-electron chi connectivity index (χ4n) is 3.42. The normalized spacial score (nSPS) is 10.8. The molecule has 37 heavy (non-hydrogen) atoms. The van der Waals surface area contributed by atoms with Crippen LogP contribution in [0.5, 0.6) is 11.5 Å². The minimum atomic E-state index is -0.691. The van der Waals surface area contributed by atoms with Crippen LogP contribution in [0.25, 0.3) is 16.5 Å². The van der Waals surface area contributed by atoms with Gasteiger partial charge in [-0.25, -0.2) is 4.79 Å². The summed E-state index contributed by atoms with van der Waals surface area (Å²) in [6.07, 6.45) is 0. The average molecular weight is 562 g/mol. The molecule has 1 amide bonds. The van der Waals surface area contributed by atoms with Crippen molar-refractivity contribution in [3.63, 3.8) is 0 Å². The Balaban J connectivity index is 1.69. The van der Waals surface area contributed by atoms with E-state index in [-0.39, 0.29) is 45.5 Å². The lowest BCUT2D eigenvalue weighted by Gasteiger charge is -2.11. The van der Waals surface area contributed by atoms with Crippen LogP contribution in [-0.2, 0) is 9.53 Å². The van der Waals surface area contributed by atoms with Crippen LogP contribution in [0, 0.1) is 0 Å². The fourth-order valence-corrected chi connectivity index (χ4v) is 4.83. The summed E-state index contributed by atoms with van der Waals surface area (Å²) in [5.74, 6) is -0.320. The third-order valence-electron chi connectivity index (χ3n) is 5.02. The van der Waals surface area contributed by atoms with Crippen molar-refractivity contribution in [2.75, 3.05) is 25.1 Å². The molecule has 0 aliphatic rings. The van der Waals surface area contributed by atoms with Crippen LogP contribution in [0.4, 0.5) is 5.00 Å². The number of nitrogens with zero attached hydrogens (tertiary/aromatic N) is 2. The first kappa shape index (κ1) is 26.5. The number of ether oxygens (including phenoxy) is 3. The number of thiophene rings is 1. The van der Waals surface area contributed by atoms with E-state index >= 15 is 0 Å². The van der Waals surface area contributed by atoms with Gasteiger partial charge >= 0.3 is 5.97 Å². The second kappa shape index (κ2) is 11.6. The van der Waals surface area contributed by atoms with E-state index in [2.05, 4.69) is 10.4 Å². The number of aromatic nitrogens is 2. The van der Waals surface area contributed by atoms with Crippen molar-refractivity contribution in [1.29, 1.82) is 0 Å². The summed E-state index contributed by atoms with van der Waals surface area (Å²) in [6.45, 7) is 3.78. The van der Waals surface area contributed by atoms with Gasteiger partial charge in [-0.2, -0.15) is 9.78 Å². The van der Waals surface area contributed by atoms with E-state index in [1.165, 1.54) is 6.07 Å². The Morgan fingerprint density at radius 2 is 1.81 bits per heavy atom. The lowest BCUT2D eigenvalue weighted by molar-refractivity contribution is -0.118. The van der Waals surface area contributed by atoms with E-state index in [0.717, 1.165) is 16.0 Å². The van der Waals surface area contributed by atoms with Gasteiger partial charge in [0.25, 0.3) is 11.5 Å². The maximum absolute atomic E-state index is 13.5. The number of nitrogens with one attached hydrogen (secondary N) is 1. The van der Waals surface area contributed by atoms with Crippen molar-refractivity contribution >= 4 is 62.2 Å². The molecule has 0 fully saturated rings. The molecule has 0 bridgehead atoms. The molecule has 12 heteroatoms. The molecule has 0 unspecified atom stereocenters. The minimum absolute atomic E-state index is 0.0497. The summed E-state index contributed by atoms with van der Waals surface area (Å²) in [5.41, 5.74) is -0.165. The first-order valence-corrected chi connectivity index (χ1v) is 12.8. The number of fused-ring (bicyclic) bond motifs is 1. The first-order chi connectivity index (χ1) is 17.8. The van der Waals surface area contributed by atoms with Gasteiger partial charge in [0, 0.05) is 15.8 Å². The molecule has 0 radical (unpaired) electrons. The Labute approximate surface area is 225 Å². The number of anilines is 1. The zero-order valence-electron chi connectivity index (χ0n) is 19.7. The molecular formula is C25H21Cl2N3O6S. The molecular weight excluding hydrogens is 541 g/mol. The van der Waals surface area contributed by atoms with Gasteiger partial charge in [-0.15, -0.1) is 11.3 Å². The molecule has 2 aromatic carbocycles. The summed E-state index contributed by atoms with van der Waals surface area (Å²) in [7, 11) is 0. The number of carbonyl (C=O) groups excluding carboxylic acids is 2. The Kier molecular flexibility index (Phi) is 8.32. The zero-order valence-corrected chi connectivity index (χ0v) is 22.1. The molecule has 4 rings (SSSR count). The molecule has 2 heterocycles. The van der Waals surface area contributed by atoms with Gasteiger partial charge in [-0.05, 0) is 56.3 Å². The number of rotatable bonds is 9. The van der Waals surface area contributed by atoms with Gasteiger partial charge in [0.1, 0.15) is 16.5 Å². The van der Waals surface area contributed by atoms with Crippen LogP contribution in [0.15, 0.2) is 52.6 Å². The van der Waals surface area contributed by atoms with Crippen molar-refractivity contribution in [1.82, 2.24) is 9.78 Å². The highest BCUT2D eigenvalue weighted by Gasteiger charge is 2.23. The Hall–Kier alpha value is -3.60. The first-order valence-electron chi connectivity index (χ1n) is 11.1. The summed E-state index contributed by atoms with van der Waals surface area (Å²) in [5, 5.41) is 9.86. The van der Waals surface area contributed by atoms with Crippen LogP contribution in [-0.4, -0.2) is 41.5 Å². The third kappa shape index (κ3) is 5.87. The molecule has 0 aliphatic carbocycles. The fraction of sp³-hybridized carbons (Fsp3) is 0.200.